The Morgan fingerprint density at radius 3 is 3.06 bits per heavy atom. The topological polar surface area (TPSA) is 24.5 Å². The molecule has 0 radical (unpaired) electrons. The highest BCUT2D eigenvalue weighted by molar-refractivity contribution is 5.42. The number of likely N-dealkylation sites (tertiary alicyclic amines) is 1. The number of ether oxygens (including phenoxy) is 1. The van der Waals surface area contributed by atoms with Gasteiger partial charge in [-0.15, -0.1) is 0 Å². The summed E-state index contributed by atoms with van der Waals surface area (Å²) >= 11 is 0. The number of hydrogen-bond acceptors (Lipinski definition) is 3. The highest BCUT2D eigenvalue weighted by atomic mass is 16.5. The Kier molecular flexibility index (Phi) is 3.04. The molecule has 17 heavy (non-hydrogen) atoms. The van der Waals surface area contributed by atoms with Crippen LogP contribution in [-0.4, -0.2) is 31.1 Å². The third kappa shape index (κ3) is 2.17. The molecule has 2 aliphatic heterocycles. The van der Waals surface area contributed by atoms with Gasteiger partial charge in [0.25, 0.3) is 0 Å². The molecular weight excluding hydrogens is 212 g/mol. The smallest absolute Gasteiger partial charge is 0.124 e. The molecule has 1 fully saturated rings. The predicted octanol–water partition coefficient (Wildman–Crippen LogP) is 1.62. The number of nitrogens with zero attached hydrogens (tertiary/aromatic N) is 1. The zero-order valence-electron chi connectivity index (χ0n) is 10.4. The molecule has 1 saturated heterocycles. The molecule has 0 bridgehead atoms. The van der Waals surface area contributed by atoms with Gasteiger partial charge in [-0.1, -0.05) is 19.1 Å². The molecule has 1 aromatic rings. The summed E-state index contributed by atoms with van der Waals surface area (Å²) in [7, 11) is 0. The van der Waals surface area contributed by atoms with Gasteiger partial charge in [0, 0.05) is 37.7 Å². The lowest BCUT2D eigenvalue weighted by Gasteiger charge is -2.38. The maximum atomic E-state index is 5.98. The normalized spacial score (nSPS) is 20.1. The van der Waals surface area contributed by atoms with Crippen molar-refractivity contribution < 1.29 is 4.74 Å². The van der Waals surface area contributed by atoms with Crippen LogP contribution in [0.5, 0.6) is 5.75 Å². The Labute approximate surface area is 103 Å². The first-order valence-electron chi connectivity index (χ1n) is 6.53. The van der Waals surface area contributed by atoms with Crippen molar-refractivity contribution in [3.05, 3.63) is 29.3 Å². The van der Waals surface area contributed by atoms with Gasteiger partial charge in [0.15, 0.2) is 0 Å². The van der Waals surface area contributed by atoms with E-state index in [-0.39, 0.29) is 0 Å². The second kappa shape index (κ2) is 4.67. The van der Waals surface area contributed by atoms with Gasteiger partial charge < -0.3 is 15.0 Å². The fourth-order valence-corrected chi connectivity index (χ4v) is 2.68. The van der Waals surface area contributed by atoms with Crippen LogP contribution < -0.4 is 10.1 Å². The molecule has 0 saturated carbocycles. The molecule has 0 aliphatic carbocycles. The van der Waals surface area contributed by atoms with E-state index in [0.717, 1.165) is 31.4 Å². The van der Waals surface area contributed by atoms with Gasteiger partial charge >= 0.3 is 0 Å². The molecule has 3 rings (SSSR count). The van der Waals surface area contributed by atoms with Gasteiger partial charge in [0.05, 0.1) is 6.61 Å². The van der Waals surface area contributed by atoms with E-state index in [1.54, 1.807) is 0 Å². The summed E-state index contributed by atoms with van der Waals surface area (Å²) in [5.41, 5.74) is 2.76. The van der Waals surface area contributed by atoms with Crippen LogP contribution in [0.25, 0.3) is 0 Å². The SMILES string of the molecule is CCN1CC(COc2cccc3c2CNC3)C1. The fraction of sp³-hybridized carbons (Fsp3) is 0.571. The molecule has 0 unspecified atom stereocenters. The highest BCUT2D eigenvalue weighted by Gasteiger charge is 2.26. The van der Waals surface area contributed by atoms with Crippen LogP contribution >= 0.6 is 0 Å². The summed E-state index contributed by atoms with van der Waals surface area (Å²) < 4.78 is 5.98. The van der Waals surface area contributed by atoms with Gasteiger partial charge in [-0.2, -0.15) is 0 Å². The Balaban J connectivity index is 1.57. The second-order valence-electron chi connectivity index (χ2n) is 5.03. The Morgan fingerprint density at radius 1 is 1.35 bits per heavy atom. The molecule has 0 spiro atoms. The first kappa shape index (κ1) is 11.1. The molecular formula is C14H20N2O. The summed E-state index contributed by atoms with van der Waals surface area (Å²) in [6.45, 7) is 8.59. The molecule has 3 nitrogen and oxygen atoms in total. The molecule has 2 aliphatic rings. The molecule has 0 amide bonds. The van der Waals surface area contributed by atoms with Crippen LogP contribution in [0.2, 0.25) is 0 Å². The van der Waals surface area contributed by atoms with Crippen molar-refractivity contribution in [2.24, 2.45) is 5.92 Å². The molecule has 1 aromatic carbocycles. The first-order chi connectivity index (χ1) is 8.36. The number of nitrogens with one attached hydrogen (secondary N) is 1. The van der Waals surface area contributed by atoms with Gasteiger partial charge in [-0.3, -0.25) is 0 Å². The number of rotatable bonds is 4. The van der Waals surface area contributed by atoms with E-state index in [1.165, 1.54) is 30.8 Å². The van der Waals surface area contributed by atoms with Crippen molar-refractivity contribution in [3.8, 4) is 5.75 Å². The second-order valence-corrected chi connectivity index (χ2v) is 5.03. The highest BCUT2D eigenvalue weighted by Crippen LogP contribution is 2.27. The molecule has 0 atom stereocenters. The monoisotopic (exact) mass is 232 g/mol. The lowest BCUT2D eigenvalue weighted by Crippen LogP contribution is -2.48. The van der Waals surface area contributed by atoms with Gasteiger partial charge in [-0.05, 0) is 18.2 Å². The van der Waals surface area contributed by atoms with Crippen LogP contribution in [0.1, 0.15) is 18.1 Å². The number of hydrogen-bond donors (Lipinski definition) is 1. The first-order valence-corrected chi connectivity index (χ1v) is 6.53. The van der Waals surface area contributed by atoms with E-state index in [0.29, 0.717) is 0 Å². The van der Waals surface area contributed by atoms with Gasteiger partial charge in [0.2, 0.25) is 0 Å². The van der Waals surface area contributed by atoms with Crippen molar-refractivity contribution in [1.82, 2.24) is 10.2 Å². The summed E-state index contributed by atoms with van der Waals surface area (Å²) in [5.74, 6) is 1.81. The van der Waals surface area contributed by atoms with Crippen LogP contribution in [0.4, 0.5) is 0 Å². The van der Waals surface area contributed by atoms with Crippen molar-refractivity contribution in [2.45, 2.75) is 20.0 Å². The maximum absolute atomic E-state index is 5.98. The van der Waals surface area contributed by atoms with E-state index in [2.05, 4.69) is 35.3 Å². The largest absolute Gasteiger partial charge is 0.493 e. The zero-order chi connectivity index (χ0) is 11.7. The minimum absolute atomic E-state index is 0.722. The van der Waals surface area contributed by atoms with Gasteiger partial charge in [0.1, 0.15) is 5.75 Å². The lowest BCUT2D eigenvalue weighted by atomic mass is 10.0. The lowest BCUT2D eigenvalue weighted by molar-refractivity contribution is 0.0668. The van der Waals surface area contributed by atoms with Crippen LogP contribution in [0, 0.1) is 5.92 Å². The fourth-order valence-electron chi connectivity index (χ4n) is 2.68. The number of benzene rings is 1. The number of fused-ring (bicyclic) bond motifs is 1. The Morgan fingerprint density at radius 2 is 2.24 bits per heavy atom. The van der Waals surface area contributed by atoms with E-state index >= 15 is 0 Å². The van der Waals surface area contributed by atoms with Crippen molar-refractivity contribution >= 4 is 0 Å². The van der Waals surface area contributed by atoms with Gasteiger partial charge in [-0.25, -0.2) is 0 Å². The van der Waals surface area contributed by atoms with Crippen molar-refractivity contribution in [3.63, 3.8) is 0 Å². The third-order valence-electron chi connectivity index (χ3n) is 3.80. The Hall–Kier alpha value is -1.06. The minimum atomic E-state index is 0.722. The summed E-state index contributed by atoms with van der Waals surface area (Å²) in [6, 6.07) is 6.38. The van der Waals surface area contributed by atoms with Crippen LogP contribution in [-0.2, 0) is 13.1 Å². The Bertz CT molecular complexity index is 399. The molecule has 0 aromatic heterocycles. The average Bonchev–Trinajstić information content (AvgIpc) is 2.76. The molecule has 3 heteroatoms. The zero-order valence-corrected chi connectivity index (χ0v) is 10.4. The maximum Gasteiger partial charge on any atom is 0.124 e. The van der Waals surface area contributed by atoms with Crippen molar-refractivity contribution in [1.29, 1.82) is 0 Å². The summed E-state index contributed by atoms with van der Waals surface area (Å²) in [5, 5.41) is 3.37. The van der Waals surface area contributed by atoms with Crippen LogP contribution in [0.3, 0.4) is 0 Å². The van der Waals surface area contributed by atoms with Crippen molar-refractivity contribution in [2.75, 3.05) is 26.2 Å². The summed E-state index contributed by atoms with van der Waals surface area (Å²) in [6.07, 6.45) is 0. The minimum Gasteiger partial charge on any atom is -0.493 e. The van der Waals surface area contributed by atoms with E-state index in [9.17, 15) is 0 Å². The average molecular weight is 232 g/mol. The molecule has 1 N–H and O–H groups in total. The quantitative estimate of drug-likeness (QED) is 0.853. The van der Waals surface area contributed by atoms with E-state index in [4.69, 9.17) is 4.74 Å². The van der Waals surface area contributed by atoms with Crippen LogP contribution in [0.15, 0.2) is 18.2 Å². The predicted molar refractivity (Wildman–Crippen MR) is 68.1 cm³/mol. The van der Waals surface area contributed by atoms with E-state index < -0.39 is 0 Å². The molecule has 92 valence electrons. The summed E-state index contributed by atoms with van der Waals surface area (Å²) in [4.78, 5) is 2.45. The van der Waals surface area contributed by atoms with E-state index in [1.807, 2.05) is 0 Å². The third-order valence-corrected chi connectivity index (χ3v) is 3.80. The molecule has 2 heterocycles. The standard InChI is InChI=1S/C14H20N2O/c1-2-16-8-11(9-16)10-17-14-5-3-4-12-6-15-7-13(12)14/h3-5,11,15H,2,6-10H2,1H3.